The van der Waals surface area contributed by atoms with Crippen LogP contribution < -0.4 is 0 Å². The first-order valence-corrected chi connectivity index (χ1v) is 6.12. The van der Waals surface area contributed by atoms with Gasteiger partial charge in [0.25, 0.3) is 0 Å². The van der Waals surface area contributed by atoms with Crippen molar-refractivity contribution in [1.82, 2.24) is 20.4 Å². The van der Waals surface area contributed by atoms with Crippen molar-refractivity contribution in [3.05, 3.63) is 28.7 Å². The largest absolute Gasteiger partial charge is 0.419 e. The molecule has 1 N–H and O–H groups in total. The fourth-order valence-electron chi connectivity index (χ4n) is 1.61. The summed E-state index contributed by atoms with van der Waals surface area (Å²) < 4.78 is 6.35. The van der Waals surface area contributed by atoms with Gasteiger partial charge in [-0.25, -0.2) is 0 Å². The highest BCUT2D eigenvalue weighted by Gasteiger charge is 2.13. The summed E-state index contributed by atoms with van der Waals surface area (Å²) in [6.45, 7) is 0. The molecule has 0 unspecified atom stereocenters. The maximum Gasteiger partial charge on any atom is 0.248 e. The molecule has 5 nitrogen and oxygen atoms in total. The van der Waals surface area contributed by atoms with E-state index < -0.39 is 0 Å². The first kappa shape index (κ1) is 10.7. The highest BCUT2D eigenvalue weighted by Crippen LogP contribution is 2.30. The molecule has 3 aromatic rings. The molecule has 0 aliphatic rings. The number of aromatic nitrogens is 4. The number of fused-ring (bicyclic) bond motifs is 1. The molecule has 2 heterocycles. The zero-order chi connectivity index (χ0) is 11.8. The number of aromatic amines is 1. The summed E-state index contributed by atoms with van der Waals surface area (Å²) in [6.07, 6.45) is 1.72. The van der Waals surface area contributed by atoms with Gasteiger partial charge in [0.1, 0.15) is 5.88 Å². The number of nitrogens with zero attached hydrogens (tertiary/aromatic N) is 3. The second kappa shape index (κ2) is 4.12. The third kappa shape index (κ3) is 1.83. The van der Waals surface area contributed by atoms with Gasteiger partial charge in [-0.15, -0.1) is 21.8 Å². The molecule has 0 saturated carbocycles. The number of alkyl halides is 1. The van der Waals surface area contributed by atoms with Crippen LogP contribution in [0.3, 0.4) is 0 Å². The summed E-state index contributed by atoms with van der Waals surface area (Å²) in [5.41, 5.74) is 1.73. The minimum Gasteiger partial charge on any atom is -0.419 e. The van der Waals surface area contributed by atoms with Crippen molar-refractivity contribution >= 4 is 38.4 Å². The zero-order valence-corrected chi connectivity index (χ0v) is 10.8. The zero-order valence-electron chi connectivity index (χ0n) is 8.44. The van der Waals surface area contributed by atoms with Crippen molar-refractivity contribution in [2.24, 2.45) is 0 Å². The highest BCUT2D eigenvalue weighted by atomic mass is 79.9. The summed E-state index contributed by atoms with van der Waals surface area (Å²) in [7, 11) is 0. The molecule has 3 rings (SSSR count). The molecule has 0 aliphatic heterocycles. The predicted molar refractivity (Wildman–Crippen MR) is 66.6 cm³/mol. The first-order valence-electron chi connectivity index (χ1n) is 4.79. The molecule has 0 fully saturated rings. The quantitative estimate of drug-likeness (QED) is 0.738. The van der Waals surface area contributed by atoms with Gasteiger partial charge < -0.3 is 4.42 Å². The van der Waals surface area contributed by atoms with E-state index in [4.69, 9.17) is 16.0 Å². The van der Waals surface area contributed by atoms with Crippen LogP contribution in [0.4, 0.5) is 0 Å². The van der Waals surface area contributed by atoms with Crippen molar-refractivity contribution in [1.29, 1.82) is 0 Å². The highest BCUT2D eigenvalue weighted by molar-refractivity contribution is 9.10. The summed E-state index contributed by atoms with van der Waals surface area (Å²) in [4.78, 5) is 0. The Hall–Kier alpha value is -1.40. The molecule has 0 aliphatic carbocycles. The van der Waals surface area contributed by atoms with E-state index in [0.717, 1.165) is 20.9 Å². The van der Waals surface area contributed by atoms with Crippen molar-refractivity contribution in [3.63, 3.8) is 0 Å². The van der Waals surface area contributed by atoms with E-state index >= 15 is 0 Å². The van der Waals surface area contributed by atoms with Crippen LogP contribution in [-0.2, 0) is 5.88 Å². The lowest BCUT2D eigenvalue weighted by Gasteiger charge is -1.98. The molecule has 0 spiro atoms. The number of rotatable bonds is 2. The Morgan fingerprint density at radius 3 is 3.00 bits per heavy atom. The van der Waals surface area contributed by atoms with Crippen molar-refractivity contribution < 1.29 is 4.42 Å². The van der Waals surface area contributed by atoms with E-state index in [1.54, 1.807) is 6.20 Å². The first-order chi connectivity index (χ1) is 8.28. The van der Waals surface area contributed by atoms with Gasteiger partial charge in [0, 0.05) is 9.86 Å². The minimum absolute atomic E-state index is 0.204. The van der Waals surface area contributed by atoms with Crippen LogP contribution in [0.25, 0.3) is 22.4 Å². The fourth-order valence-corrected chi connectivity index (χ4v) is 2.18. The second-order valence-electron chi connectivity index (χ2n) is 3.42. The average molecular weight is 314 g/mol. The third-order valence-electron chi connectivity index (χ3n) is 2.34. The van der Waals surface area contributed by atoms with Gasteiger partial charge in [-0.3, -0.25) is 5.10 Å². The fraction of sp³-hybridized carbons (Fsp3) is 0.100. The maximum absolute atomic E-state index is 5.63. The molecule has 2 aromatic heterocycles. The number of hydrogen-bond donors (Lipinski definition) is 1. The summed E-state index contributed by atoms with van der Waals surface area (Å²) in [5.74, 6) is 1.04. The van der Waals surface area contributed by atoms with Crippen LogP contribution in [0.1, 0.15) is 5.89 Å². The number of nitrogens with one attached hydrogen (secondary N) is 1. The molecule has 0 amide bonds. The van der Waals surface area contributed by atoms with Crippen LogP contribution >= 0.6 is 27.5 Å². The van der Waals surface area contributed by atoms with E-state index in [1.807, 2.05) is 12.1 Å². The van der Waals surface area contributed by atoms with Crippen LogP contribution in [0.15, 0.2) is 27.2 Å². The molecular weight excluding hydrogens is 307 g/mol. The van der Waals surface area contributed by atoms with Crippen LogP contribution in [-0.4, -0.2) is 20.4 Å². The Labute approximate surface area is 109 Å². The molecule has 0 saturated heterocycles. The second-order valence-corrected chi connectivity index (χ2v) is 4.60. The van der Waals surface area contributed by atoms with Crippen molar-refractivity contribution in [2.45, 2.75) is 5.88 Å². The monoisotopic (exact) mass is 312 g/mol. The summed E-state index contributed by atoms with van der Waals surface area (Å²) in [6, 6.07) is 3.84. The Balaban J connectivity index is 2.24. The third-order valence-corrected chi connectivity index (χ3v) is 3.02. The number of hydrogen-bond acceptors (Lipinski definition) is 4. The lowest BCUT2D eigenvalue weighted by atomic mass is 10.1. The lowest BCUT2D eigenvalue weighted by Crippen LogP contribution is -1.80. The standard InChI is InChI=1S/C10H6BrClN4O/c11-5-1-6(7-4-13-14-8(7)2-5)10-16-15-9(3-12)17-10/h1-2,4H,3H2,(H,13,14). The van der Waals surface area contributed by atoms with E-state index in [1.165, 1.54) is 0 Å². The van der Waals surface area contributed by atoms with Crippen molar-refractivity contribution in [2.75, 3.05) is 0 Å². The van der Waals surface area contributed by atoms with Gasteiger partial charge in [-0.05, 0) is 12.1 Å². The number of halogens is 2. The van der Waals surface area contributed by atoms with Crippen LogP contribution in [0.2, 0.25) is 0 Å². The van der Waals surface area contributed by atoms with Crippen LogP contribution in [0.5, 0.6) is 0 Å². The Bertz CT molecular complexity index is 678. The molecular formula is C10H6BrClN4O. The predicted octanol–water partition coefficient (Wildman–Crippen LogP) is 3.11. The van der Waals surface area contributed by atoms with E-state index in [2.05, 4.69) is 36.3 Å². The molecule has 1 aromatic carbocycles. The smallest absolute Gasteiger partial charge is 0.248 e. The Kier molecular flexibility index (Phi) is 2.60. The van der Waals surface area contributed by atoms with Gasteiger partial charge in [-0.2, -0.15) is 5.10 Å². The summed E-state index contributed by atoms with van der Waals surface area (Å²) >= 11 is 9.06. The number of H-pyrrole nitrogens is 1. The van der Waals surface area contributed by atoms with Crippen LogP contribution in [0, 0.1) is 0 Å². The average Bonchev–Trinajstić information content (AvgIpc) is 2.95. The van der Waals surface area contributed by atoms with Gasteiger partial charge in [0.2, 0.25) is 11.8 Å². The topological polar surface area (TPSA) is 67.6 Å². The minimum atomic E-state index is 0.204. The number of benzene rings is 1. The molecule has 86 valence electrons. The normalized spacial score (nSPS) is 11.2. The lowest BCUT2D eigenvalue weighted by molar-refractivity contribution is 0.528. The van der Waals surface area contributed by atoms with Gasteiger partial charge in [0.05, 0.1) is 17.3 Å². The van der Waals surface area contributed by atoms with Gasteiger partial charge >= 0.3 is 0 Å². The molecule has 0 atom stereocenters. The maximum atomic E-state index is 5.63. The SMILES string of the molecule is ClCc1nnc(-c2cc(Br)cc3[nH]ncc23)o1. The van der Waals surface area contributed by atoms with Crippen molar-refractivity contribution in [3.8, 4) is 11.5 Å². The Morgan fingerprint density at radius 2 is 2.24 bits per heavy atom. The molecule has 17 heavy (non-hydrogen) atoms. The van der Waals surface area contributed by atoms with E-state index in [9.17, 15) is 0 Å². The van der Waals surface area contributed by atoms with Gasteiger partial charge in [-0.1, -0.05) is 15.9 Å². The van der Waals surface area contributed by atoms with E-state index in [0.29, 0.717) is 11.8 Å². The molecule has 0 bridgehead atoms. The summed E-state index contributed by atoms with van der Waals surface area (Å²) in [5, 5.41) is 15.6. The van der Waals surface area contributed by atoms with Gasteiger partial charge in [0.15, 0.2) is 0 Å². The Morgan fingerprint density at radius 1 is 1.35 bits per heavy atom. The molecule has 0 radical (unpaired) electrons. The van der Waals surface area contributed by atoms with E-state index in [-0.39, 0.29) is 5.88 Å². The molecule has 7 heteroatoms.